The SMILES string of the molecule is C=CC(=O)N1CCN(c2nc(=O)n3c4nc(c(F)cc24)-c2c(F)cccc2NC(=O)Cc2ccnc(C(C)C)c2-3)[C@@H](C)C1. The Morgan fingerprint density at radius 1 is 1.14 bits per heavy atom. The van der Waals surface area contributed by atoms with Crippen molar-refractivity contribution in [1.82, 2.24) is 24.4 Å². The quantitative estimate of drug-likeness (QED) is 0.362. The molecule has 1 N–H and O–H groups in total. The first kappa shape index (κ1) is 28.1. The van der Waals surface area contributed by atoms with Gasteiger partial charge in [0.15, 0.2) is 11.5 Å². The molecule has 4 aromatic rings. The number of amides is 2. The number of carbonyl (C=O) groups excluding carboxylic acids is 2. The van der Waals surface area contributed by atoms with Gasteiger partial charge < -0.3 is 15.1 Å². The smallest absolute Gasteiger partial charge is 0.350 e. The van der Waals surface area contributed by atoms with Crippen molar-refractivity contribution >= 4 is 34.4 Å². The normalized spacial score (nSPS) is 16.5. The molecule has 0 aliphatic carbocycles. The van der Waals surface area contributed by atoms with Crippen molar-refractivity contribution in [3.8, 4) is 16.9 Å². The van der Waals surface area contributed by atoms with Crippen LogP contribution in [0.3, 0.4) is 0 Å². The minimum absolute atomic E-state index is 0.0444. The molecule has 5 heterocycles. The number of piperazine rings is 1. The van der Waals surface area contributed by atoms with Crippen LogP contribution in [-0.4, -0.2) is 61.9 Å². The van der Waals surface area contributed by atoms with Crippen LogP contribution in [0.1, 0.15) is 37.9 Å². The van der Waals surface area contributed by atoms with E-state index in [1.807, 2.05) is 25.7 Å². The van der Waals surface area contributed by atoms with Crippen LogP contribution in [0.5, 0.6) is 0 Å². The molecule has 1 saturated heterocycles. The summed E-state index contributed by atoms with van der Waals surface area (Å²) >= 11 is 0. The zero-order valence-corrected chi connectivity index (χ0v) is 23.9. The highest BCUT2D eigenvalue weighted by Crippen LogP contribution is 2.37. The van der Waals surface area contributed by atoms with Crippen molar-refractivity contribution < 1.29 is 18.4 Å². The Labute approximate surface area is 245 Å². The van der Waals surface area contributed by atoms with Crippen LogP contribution in [0, 0.1) is 11.6 Å². The van der Waals surface area contributed by atoms with Gasteiger partial charge in [0.05, 0.1) is 34.4 Å². The second-order valence-corrected chi connectivity index (χ2v) is 11.0. The molecule has 12 heteroatoms. The third-order valence-electron chi connectivity index (χ3n) is 7.87. The van der Waals surface area contributed by atoms with E-state index in [9.17, 15) is 14.4 Å². The van der Waals surface area contributed by atoms with Crippen LogP contribution in [0.4, 0.5) is 20.3 Å². The molecule has 2 aliphatic rings. The van der Waals surface area contributed by atoms with E-state index in [2.05, 4.69) is 26.8 Å². The number of nitrogens with zero attached hydrogens (tertiary/aromatic N) is 6. The molecular weight excluding hydrogens is 556 g/mol. The Balaban J connectivity index is 1.70. The number of rotatable bonds is 3. The molecular formula is C31H29F2N7O3. The lowest BCUT2D eigenvalue weighted by atomic mass is 10.0. The van der Waals surface area contributed by atoms with Crippen LogP contribution < -0.4 is 15.9 Å². The highest BCUT2D eigenvalue weighted by atomic mass is 19.1. The van der Waals surface area contributed by atoms with Crippen LogP contribution >= 0.6 is 0 Å². The molecule has 0 spiro atoms. The summed E-state index contributed by atoms with van der Waals surface area (Å²) in [7, 11) is 0. The van der Waals surface area contributed by atoms with Crippen LogP contribution in [0.25, 0.3) is 28.0 Å². The van der Waals surface area contributed by atoms with Gasteiger partial charge in [-0.25, -0.2) is 23.1 Å². The number of pyridine rings is 2. The summed E-state index contributed by atoms with van der Waals surface area (Å²) in [5.74, 6) is -2.32. The number of aromatic nitrogens is 4. The fraction of sp³-hybridized carbons (Fsp3) is 0.290. The molecule has 10 nitrogen and oxygen atoms in total. The Bertz CT molecular complexity index is 1890. The zero-order chi connectivity index (χ0) is 30.6. The number of fused-ring (bicyclic) bond motifs is 5. The molecule has 0 unspecified atom stereocenters. The topological polar surface area (TPSA) is 113 Å². The van der Waals surface area contributed by atoms with Crippen molar-refractivity contribution in [3.63, 3.8) is 0 Å². The lowest BCUT2D eigenvalue weighted by Crippen LogP contribution is -2.54. The van der Waals surface area contributed by atoms with E-state index in [-0.39, 0.29) is 58.1 Å². The van der Waals surface area contributed by atoms with E-state index in [1.54, 1.807) is 17.2 Å². The van der Waals surface area contributed by atoms with Gasteiger partial charge in [-0.3, -0.25) is 14.6 Å². The Morgan fingerprint density at radius 2 is 1.93 bits per heavy atom. The Morgan fingerprint density at radius 3 is 2.65 bits per heavy atom. The molecule has 3 aromatic heterocycles. The van der Waals surface area contributed by atoms with Crippen molar-refractivity contribution in [1.29, 1.82) is 0 Å². The first-order valence-electron chi connectivity index (χ1n) is 14.0. The molecule has 1 fully saturated rings. The van der Waals surface area contributed by atoms with E-state index < -0.39 is 23.2 Å². The summed E-state index contributed by atoms with van der Waals surface area (Å²) in [6.45, 7) is 10.2. The molecule has 2 amide bonds. The monoisotopic (exact) mass is 585 g/mol. The third kappa shape index (κ3) is 4.72. The van der Waals surface area contributed by atoms with E-state index in [1.165, 1.54) is 28.8 Å². The number of hydrogen-bond acceptors (Lipinski definition) is 7. The van der Waals surface area contributed by atoms with Gasteiger partial charge in [0.25, 0.3) is 0 Å². The lowest BCUT2D eigenvalue weighted by molar-refractivity contribution is -0.126. The summed E-state index contributed by atoms with van der Waals surface area (Å²) in [6, 6.07) is 6.60. The highest BCUT2D eigenvalue weighted by molar-refractivity contribution is 5.98. The number of halogens is 2. The van der Waals surface area contributed by atoms with E-state index in [4.69, 9.17) is 0 Å². The standard InChI is InChI=1S/C31H29F2N7O3/c1-5-24(42)38-11-12-39(17(4)15-38)29-19-14-21(33)27-25-20(32)7-6-8-22(25)35-23(41)13-18-9-10-34-26(16(2)3)28(18)40(30(19)36-27)31(43)37-29/h5-10,14,16-17H,1,11-13,15H2,2-4H3,(H,35,41)/t17-/m0/s1. The van der Waals surface area contributed by atoms with Crippen LogP contribution in [0.2, 0.25) is 0 Å². The molecule has 43 heavy (non-hydrogen) atoms. The van der Waals surface area contributed by atoms with Crippen molar-refractivity contribution in [3.05, 3.63) is 82.6 Å². The maximum atomic E-state index is 16.1. The van der Waals surface area contributed by atoms with Gasteiger partial charge in [0.1, 0.15) is 17.3 Å². The van der Waals surface area contributed by atoms with Crippen LogP contribution in [-0.2, 0) is 16.0 Å². The zero-order valence-electron chi connectivity index (χ0n) is 23.9. The van der Waals surface area contributed by atoms with E-state index >= 15 is 8.78 Å². The summed E-state index contributed by atoms with van der Waals surface area (Å²) in [4.78, 5) is 56.6. The molecule has 2 bridgehead atoms. The first-order valence-corrected chi connectivity index (χ1v) is 14.0. The average molecular weight is 586 g/mol. The minimum Gasteiger partial charge on any atom is -0.350 e. The summed E-state index contributed by atoms with van der Waals surface area (Å²) in [5, 5.41) is 2.92. The maximum absolute atomic E-state index is 16.1. The van der Waals surface area contributed by atoms with Gasteiger partial charge in [-0.2, -0.15) is 4.98 Å². The number of anilines is 2. The second-order valence-electron chi connectivity index (χ2n) is 11.0. The number of hydrogen-bond donors (Lipinski definition) is 1. The van der Waals surface area contributed by atoms with E-state index in [0.29, 0.717) is 36.6 Å². The molecule has 1 atom stereocenters. The van der Waals surface area contributed by atoms with Crippen LogP contribution in [0.15, 0.2) is 54.0 Å². The Kier molecular flexibility index (Phi) is 6.99. The Hall–Kier alpha value is -5.00. The molecule has 0 radical (unpaired) electrons. The van der Waals surface area contributed by atoms with Gasteiger partial charge in [-0.05, 0) is 48.7 Å². The number of carbonyl (C=O) groups is 2. The van der Waals surface area contributed by atoms with Crippen molar-refractivity contribution in [2.24, 2.45) is 0 Å². The minimum atomic E-state index is -0.857. The second kappa shape index (κ2) is 10.7. The molecule has 6 rings (SSSR count). The van der Waals surface area contributed by atoms with Crippen molar-refractivity contribution in [2.75, 3.05) is 29.9 Å². The largest absolute Gasteiger partial charge is 0.355 e. The first-order chi connectivity index (χ1) is 20.6. The summed E-state index contributed by atoms with van der Waals surface area (Å²) in [5.41, 5.74) is 0.113. The fourth-order valence-electron chi connectivity index (χ4n) is 5.87. The van der Waals surface area contributed by atoms with E-state index in [0.717, 1.165) is 6.07 Å². The van der Waals surface area contributed by atoms with Crippen molar-refractivity contribution in [2.45, 2.75) is 39.2 Å². The predicted octanol–water partition coefficient (Wildman–Crippen LogP) is 3.96. The predicted molar refractivity (Wildman–Crippen MR) is 158 cm³/mol. The molecule has 0 saturated carbocycles. The molecule has 2 aliphatic heterocycles. The van der Waals surface area contributed by atoms with Gasteiger partial charge in [0, 0.05) is 31.9 Å². The number of benzene rings is 1. The molecule has 1 aromatic carbocycles. The lowest BCUT2D eigenvalue weighted by Gasteiger charge is -2.40. The number of nitrogens with one attached hydrogen (secondary N) is 1. The summed E-state index contributed by atoms with van der Waals surface area (Å²) in [6.07, 6.45) is 2.64. The third-order valence-corrected chi connectivity index (χ3v) is 7.87. The van der Waals surface area contributed by atoms with Gasteiger partial charge in [-0.15, -0.1) is 0 Å². The maximum Gasteiger partial charge on any atom is 0.355 e. The van der Waals surface area contributed by atoms with Gasteiger partial charge >= 0.3 is 5.69 Å². The highest BCUT2D eigenvalue weighted by Gasteiger charge is 2.32. The molecule has 220 valence electrons. The fourth-order valence-corrected chi connectivity index (χ4v) is 5.87. The van der Waals surface area contributed by atoms with Gasteiger partial charge in [-0.1, -0.05) is 26.5 Å². The van der Waals surface area contributed by atoms with Gasteiger partial charge in [0.2, 0.25) is 11.8 Å². The summed E-state index contributed by atoms with van der Waals surface area (Å²) < 4.78 is 32.7. The average Bonchev–Trinajstić information content (AvgIpc) is 2.98.